The molecule has 0 spiro atoms. The van der Waals surface area contributed by atoms with Gasteiger partial charge in [-0.25, -0.2) is 4.98 Å². The highest BCUT2D eigenvalue weighted by atomic mass is 16.5. The Kier molecular flexibility index (Phi) is 4.86. The van der Waals surface area contributed by atoms with Crippen molar-refractivity contribution >= 4 is 11.0 Å². The third-order valence-electron chi connectivity index (χ3n) is 4.22. The van der Waals surface area contributed by atoms with Crippen molar-refractivity contribution < 1.29 is 9.84 Å². The lowest BCUT2D eigenvalue weighted by molar-refractivity contribution is 0.0924. The molecule has 0 aliphatic rings. The second kappa shape index (κ2) is 7.05. The number of fused-ring (bicyclic) bond motifs is 1. The normalized spacial score (nSPS) is 12.5. The molecule has 2 aromatic carbocycles. The lowest BCUT2D eigenvalue weighted by atomic mass is 10.1. The molecule has 1 unspecified atom stereocenters. The van der Waals surface area contributed by atoms with Gasteiger partial charge in [0, 0.05) is 6.42 Å². The zero-order valence-electron chi connectivity index (χ0n) is 14.5. The zero-order chi connectivity index (χ0) is 17.1. The summed E-state index contributed by atoms with van der Waals surface area (Å²) in [6.07, 6.45) is 0.243. The number of aryl methyl sites for hydroxylation is 3. The van der Waals surface area contributed by atoms with E-state index < -0.39 is 6.10 Å². The van der Waals surface area contributed by atoms with Gasteiger partial charge in [0.25, 0.3) is 0 Å². The van der Waals surface area contributed by atoms with E-state index in [0.717, 1.165) is 40.2 Å². The standard InChI is InChI=1S/C20H24N2O2/c1-4-20-21-17-7-5-6-8-18(17)22(20)12-16(23)13-24-19-11-14(2)9-10-15(19)3/h5-11,16,23H,4,12-13H2,1-3H3. The smallest absolute Gasteiger partial charge is 0.122 e. The molecule has 0 bridgehead atoms. The van der Waals surface area contributed by atoms with Crippen LogP contribution < -0.4 is 4.74 Å². The summed E-state index contributed by atoms with van der Waals surface area (Å²) in [6, 6.07) is 14.1. The number of aromatic nitrogens is 2. The number of nitrogens with zero attached hydrogens (tertiary/aromatic N) is 2. The van der Waals surface area contributed by atoms with Gasteiger partial charge in [0.05, 0.1) is 17.6 Å². The number of rotatable bonds is 6. The Morgan fingerprint density at radius 1 is 1.17 bits per heavy atom. The molecule has 0 fully saturated rings. The van der Waals surface area contributed by atoms with E-state index in [1.807, 2.05) is 50.2 Å². The van der Waals surface area contributed by atoms with Crippen molar-refractivity contribution in [2.45, 2.75) is 39.8 Å². The summed E-state index contributed by atoms with van der Waals surface area (Å²) >= 11 is 0. The van der Waals surface area contributed by atoms with Crippen LogP contribution >= 0.6 is 0 Å². The van der Waals surface area contributed by atoms with Crippen LogP contribution in [-0.4, -0.2) is 27.4 Å². The Bertz CT molecular complexity index is 839. The molecule has 4 heteroatoms. The first kappa shape index (κ1) is 16.5. The summed E-state index contributed by atoms with van der Waals surface area (Å²) in [7, 11) is 0. The number of benzene rings is 2. The van der Waals surface area contributed by atoms with Crippen LogP contribution in [0.2, 0.25) is 0 Å². The summed E-state index contributed by atoms with van der Waals surface area (Å²) in [4.78, 5) is 4.64. The van der Waals surface area contributed by atoms with Gasteiger partial charge in [-0.05, 0) is 43.2 Å². The van der Waals surface area contributed by atoms with Crippen molar-refractivity contribution in [1.29, 1.82) is 0 Å². The maximum atomic E-state index is 10.4. The topological polar surface area (TPSA) is 47.3 Å². The van der Waals surface area contributed by atoms with Gasteiger partial charge in [0.15, 0.2) is 0 Å². The molecular weight excluding hydrogens is 300 g/mol. The molecule has 1 heterocycles. The average Bonchev–Trinajstić information content (AvgIpc) is 2.93. The minimum absolute atomic E-state index is 0.264. The van der Waals surface area contributed by atoms with Crippen molar-refractivity contribution in [3.05, 3.63) is 59.4 Å². The maximum Gasteiger partial charge on any atom is 0.122 e. The first-order chi connectivity index (χ1) is 11.6. The van der Waals surface area contributed by atoms with Gasteiger partial charge >= 0.3 is 0 Å². The van der Waals surface area contributed by atoms with Crippen molar-refractivity contribution in [3.8, 4) is 5.75 Å². The minimum atomic E-state index is -0.590. The number of aliphatic hydroxyl groups excluding tert-OH is 1. The van der Waals surface area contributed by atoms with E-state index in [4.69, 9.17) is 4.74 Å². The Morgan fingerprint density at radius 3 is 2.75 bits per heavy atom. The van der Waals surface area contributed by atoms with Crippen molar-refractivity contribution in [2.75, 3.05) is 6.61 Å². The summed E-state index contributed by atoms with van der Waals surface area (Å²) in [5.74, 6) is 1.82. The molecule has 1 aromatic heterocycles. The van der Waals surface area contributed by atoms with Crippen molar-refractivity contribution in [3.63, 3.8) is 0 Å². The van der Waals surface area contributed by atoms with E-state index in [1.165, 1.54) is 0 Å². The number of aliphatic hydroxyl groups is 1. The first-order valence-electron chi connectivity index (χ1n) is 8.40. The molecule has 0 aliphatic heterocycles. The van der Waals surface area contributed by atoms with Crippen LogP contribution in [0.1, 0.15) is 23.9 Å². The van der Waals surface area contributed by atoms with Crippen molar-refractivity contribution in [1.82, 2.24) is 9.55 Å². The molecule has 3 aromatic rings. The predicted molar refractivity (Wildman–Crippen MR) is 96.5 cm³/mol. The highest BCUT2D eigenvalue weighted by molar-refractivity contribution is 5.75. The summed E-state index contributed by atoms with van der Waals surface area (Å²) in [6.45, 7) is 6.87. The third-order valence-corrected chi connectivity index (χ3v) is 4.22. The summed E-state index contributed by atoms with van der Waals surface area (Å²) < 4.78 is 7.92. The molecule has 1 atom stereocenters. The van der Waals surface area contributed by atoms with Gasteiger partial charge in [-0.15, -0.1) is 0 Å². The Hall–Kier alpha value is -2.33. The van der Waals surface area contributed by atoms with Crippen LogP contribution in [0, 0.1) is 13.8 Å². The monoisotopic (exact) mass is 324 g/mol. The second-order valence-electron chi connectivity index (χ2n) is 6.21. The molecule has 1 N–H and O–H groups in total. The fourth-order valence-electron chi connectivity index (χ4n) is 2.91. The third kappa shape index (κ3) is 3.44. The predicted octanol–water partition coefficient (Wildman–Crippen LogP) is 3.66. The van der Waals surface area contributed by atoms with E-state index in [-0.39, 0.29) is 6.61 Å². The van der Waals surface area contributed by atoms with Crippen LogP contribution in [0.15, 0.2) is 42.5 Å². The van der Waals surface area contributed by atoms with E-state index >= 15 is 0 Å². The number of hydrogen-bond donors (Lipinski definition) is 1. The fraction of sp³-hybridized carbons (Fsp3) is 0.350. The summed E-state index contributed by atoms with van der Waals surface area (Å²) in [5.41, 5.74) is 4.26. The molecule has 0 aliphatic carbocycles. The average molecular weight is 324 g/mol. The Morgan fingerprint density at radius 2 is 1.96 bits per heavy atom. The molecule has 0 amide bonds. The highest BCUT2D eigenvalue weighted by Gasteiger charge is 2.14. The first-order valence-corrected chi connectivity index (χ1v) is 8.40. The Labute approximate surface area is 142 Å². The van der Waals surface area contributed by atoms with E-state index in [2.05, 4.69) is 22.5 Å². The number of imidazole rings is 1. The van der Waals surface area contributed by atoms with E-state index in [9.17, 15) is 5.11 Å². The van der Waals surface area contributed by atoms with Crippen LogP contribution in [0.5, 0.6) is 5.75 Å². The Balaban J connectivity index is 1.73. The van der Waals surface area contributed by atoms with E-state index in [0.29, 0.717) is 6.54 Å². The molecule has 24 heavy (non-hydrogen) atoms. The van der Waals surface area contributed by atoms with Gasteiger partial charge in [-0.3, -0.25) is 0 Å². The van der Waals surface area contributed by atoms with Crippen LogP contribution in [-0.2, 0) is 13.0 Å². The van der Waals surface area contributed by atoms with Crippen LogP contribution in [0.25, 0.3) is 11.0 Å². The molecular formula is C20H24N2O2. The lowest BCUT2D eigenvalue weighted by Gasteiger charge is -2.16. The molecule has 0 saturated carbocycles. The molecule has 0 saturated heterocycles. The zero-order valence-corrected chi connectivity index (χ0v) is 14.5. The molecule has 126 valence electrons. The minimum Gasteiger partial charge on any atom is -0.491 e. The SMILES string of the molecule is CCc1nc2ccccc2n1CC(O)COc1cc(C)ccc1C. The van der Waals surface area contributed by atoms with E-state index in [1.54, 1.807) is 0 Å². The second-order valence-corrected chi connectivity index (χ2v) is 6.21. The fourth-order valence-corrected chi connectivity index (χ4v) is 2.91. The van der Waals surface area contributed by atoms with Crippen LogP contribution in [0.4, 0.5) is 0 Å². The number of para-hydroxylation sites is 2. The van der Waals surface area contributed by atoms with Gasteiger partial charge in [-0.2, -0.15) is 0 Å². The van der Waals surface area contributed by atoms with Gasteiger partial charge in [0.1, 0.15) is 24.3 Å². The lowest BCUT2D eigenvalue weighted by Crippen LogP contribution is -2.24. The van der Waals surface area contributed by atoms with Gasteiger partial charge in [0.2, 0.25) is 0 Å². The number of hydrogen-bond acceptors (Lipinski definition) is 3. The van der Waals surface area contributed by atoms with Gasteiger partial charge in [-0.1, -0.05) is 31.2 Å². The summed E-state index contributed by atoms with van der Waals surface area (Å²) in [5, 5.41) is 10.4. The molecule has 4 nitrogen and oxygen atoms in total. The van der Waals surface area contributed by atoms with Gasteiger partial charge < -0.3 is 14.4 Å². The molecule has 3 rings (SSSR count). The van der Waals surface area contributed by atoms with Crippen molar-refractivity contribution in [2.24, 2.45) is 0 Å². The largest absolute Gasteiger partial charge is 0.491 e. The maximum absolute atomic E-state index is 10.4. The molecule has 0 radical (unpaired) electrons. The quantitative estimate of drug-likeness (QED) is 0.753. The highest BCUT2D eigenvalue weighted by Crippen LogP contribution is 2.20. The number of ether oxygens (including phenoxy) is 1. The van der Waals surface area contributed by atoms with Crippen LogP contribution in [0.3, 0.4) is 0 Å².